The molecule has 9 nitrogen and oxygen atoms in total. The fourth-order valence-electron chi connectivity index (χ4n) is 5.79. The molecule has 3 atom stereocenters. The lowest BCUT2D eigenvalue weighted by molar-refractivity contribution is -0.172. The number of aliphatic hydroxyl groups excluding tert-OH is 1. The number of nitrogens with one attached hydrogen (secondary N) is 1. The van der Waals surface area contributed by atoms with Gasteiger partial charge in [0.15, 0.2) is 5.60 Å². The van der Waals surface area contributed by atoms with E-state index in [1.807, 2.05) is 0 Å². The number of cyclic esters (lactones) is 1. The minimum Gasteiger partial charge on any atom is -0.458 e. The van der Waals surface area contributed by atoms with E-state index in [1.54, 1.807) is 13.0 Å². The Bertz CT molecular complexity index is 1620. The summed E-state index contributed by atoms with van der Waals surface area (Å²) in [5.41, 5.74) is 1.33. The third-order valence-electron chi connectivity index (χ3n) is 7.74. The number of carbonyl (C=O) groups excluding carboxylic acids is 2. The van der Waals surface area contributed by atoms with Crippen LogP contribution >= 0.6 is 15.9 Å². The molecule has 1 aliphatic carbocycles. The van der Waals surface area contributed by atoms with Crippen molar-refractivity contribution in [1.29, 1.82) is 0 Å². The average molecular weight is 572 g/mol. The SMILES string of the molecule is CC[C@@]1(O)C(=O)OCc2c1cc1n(c2=O)Cc2c-1nc1cc(F)c(Br)c3c1c2[C@H](NC(=O)[C@@H](C)O)CC3. The summed E-state index contributed by atoms with van der Waals surface area (Å²) >= 11 is 3.36. The number of pyridine rings is 2. The zero-order chi connectivity index (χ0) is 26.4. The first-order valence-corrected chi connectivity index (χ1v) is 12.8. The van der Waals surface area contributed by atoms with Gasteiger partial charge in [0.05, 0.1) is 39.5 Å². The summed E-state index contributed by atoms with van der Waals surface area (Å²) in [4.78, 5) is 43.3. The second kappa shape index (κ2) is 8.17. The molecule has 6 rings (SSSR count). The molecule has 0 bridgehead atoms. The minimum atomic E-state index is -1.96. The lowest BCUT2D eigenvalue weighted by atomic mass is 9.83. The first kappa shape index (κ1) is 24.2. The zero-order valence-corrected chi connectivity index (χ0v) is 21.6. The van der Waals surface area contributed by atoms with Crippen LogP contribution in [-0.4, -0.2) is 37.7 Å². The number of hydrogen-bond donors (Lipinski definition) is 3. The highest BCUT2D eigenvalue weighted by Gasteiger charge is 2.46. The lowest BCUT2D eigenvalue weighted by Gasteiger charge is -2.31. The van der Waals surface area contributed by atoms with Gasteiger partial charge in [-0.15, -0.1) is 0 Å². The van der Waals surface area contributed by atoms with Crippen molar-refractivity contribution in [3.63, 3.8) is 0 Å². The quantitative estimate of drug-likeness (QED) is 0.322. The van der Waals surface area contributed by atoms with Crippen LogP contribution in [0.5, 0.6) is 0 Å². The van der Waals surface area contributed by atoms with E-state index >= 15 is 0 Å². The minimum absolute atomic E-state index is 0.0149. The number of aromatic nitrogens is 2. The molecule has 0 saturated heterocycles. The molecule has 2 aromatic heterocycles. The van der Waals surface area contributed by atoms with Gasteiger partial charge in [0.25, 0.3) is 5.56 Å². The highest BCUT2D eigenvalue weighted by molar-refractivity contribution is 9.10. The van der Waals surface area contributed by atoms with Gasteiger partial charge in [0, 0.05) is 22.6 Å². The Labute approximate surface area is 218 Å². The molecular formula is C26H23BrFN3O6. The Morgan fingerprint density at radius 2 is 2.11 bits per heavy atom. The summed E-state index contributed by atoms with van der Waals surface area (Å²) in [5.74, 6) is -1.83. The summed E-state index contributed by atoms with van der Waals surface area (Å²) < 4.78 is 21.8. The Morgan fingerprint density at radius 3 is 2.81 bits per heavy atom. The van der Waals surface area contributed by atoms with Crippen LogP contribution in [0.1, 0.15) is 60.5 Å². The van der Waals surface area contributed by atoms with Gasteiger partial charge in [-0.05, 0) is 59.3 Å². The van der Waals surface area contributed by atoms with Crippen LogP contribution in [0.4, 0.5) is 4.39 Å². The van der Waals surface area contributed by atoms with Crippen molar-refractivity contribution in [2.24, 2.45) is 0 Å². The Hall–Kier alpha value is -3.15. The van der Waals surface area contributed by atoms with Gasteiger partial charge < -0.3 is 24.8 Å². The molecule has 0 saturated carbocycles. The predicted octanol–water partition coefficient (Wildman–Crippen LogP) is 2.47. The van der Waals surface area contributed by atoms with Crippen LogP contribution in [0.2, 0.25) is 0 Å². The van der Waals surface area contributed by atoms with E-state index in [4.69, 9.17) is 9.72 Å². The molecule has 0 spiro atoms. The third kappa shape index (κ3) is 3.27. The smallest absolute Gasteiger partial charge is 0.343 e. The van der Waals surface area contributed by atoms with E-state index in [2.05, 4.69) is 21.2 Å². The zero-order valence-electron chi connectivity index (χ0n) is 20.0. The molecule has 3 N–H and O–H groups in total. The maximum Gasteiger partial charge on any atom is 0.343 e. The summed E-state index contributed by atoms with van der Waals surface area (Å²) in [5, 5.41) is 24.5. The fraction of sp³-hybridized carbons (Fsp3) is 0.385. The molecule has 192 valence electrons. The van der Waals surface area contributed by atoms with E-state index < -0.39 is 41.0 Å². The second-order valence-corrected chi connectivity index (χ2v) is 10.6. The van der Waals surface area contributed by atoms with Crippen molar-refractivity contribution in [2.75, 3.05) is 0 Å². The van der Waals surface area contributed by atoms with E-state index in [1.165, 1.54) is 17.6 Å². The number of ether oxygens (including phenoxy) is 1. The number of carbonyl (C=O) groups is 2. The van der Waals surface area contributed by atoms with Gasteiger partial charge >= 0.3 is 5.97 Å². The van der Waals surface area contributed by atoms with Gasteiger partial charge in [-0.25, -0.2) is 14.2 Å². The first-order valence-electron chi connectivity index (χ1n) is 12.1. The van der Waals surface area contributed by atoms with Crippen LogP contribution < -0.4 is 10.9 Å². The molecule has 11 heteroatoms. The standard InChI is InChI=1S/C26H23BrFN3O6/c1-3-26(36)14-6-18-22-12(8-31(18)24(34)13(14)9-37-25(26)35)20-16(30-23(33)10(2)32)5-4-11-19(20)17(29-22)7-15(28)21(11)27/h6-7,10,16,32,36H,3-5,8-9H2,1-2H3,(H,30,33)/t10-,16-,26+/m1/s1. The Balaban J connectivity index is 1.65. The van der Waals surface area contributed by atoms with Crippen LogP contribution in [0.3, 0.4) is 0 Å². The van der Waals surface area contributed by atoms with Crippen LogP contribution in [0.25, 0.3) is 22.3 Å². The number of rotatable bonds is 3. The van der Waals surface area contributed by atoms with Crippen molar-refractivity contribution < 1.29 is 28.9 Å². The summed E-state index contributed by atoms with van der Waals surface area (Å²) in [6, 6.07) is 2.41. The number of hydrogen-bond acceptors (Lipinski definition) is 7. The molecule has 37 heavy (non-hydrogen) atoms. The number of aryl methyl sites for hydroxylation is 1. The van der Waals surface area contributed by atoms with Crippen molar-refractivity contribution in [1.82, 2.24) is 14.9 Å². The molecule has 1 aromatic carbocycles. The third-order valence-corrected chi connectivity index (χ3v) is 8.60. The van der Waals surface area contributed by atoms with Crippen molar-refractivity contribution >= 4 is 38.7 Å². The normalized spacial score (nSPS) is 22.2. The maximum absolute atomic E-state index is 14.9. The van der Waals surface area contributed by atoms with Crippen LogP contribution in [0, 0.1) is 5.82 Å². The highest BCUT2D eigenvalue weighted by Crippen LogP contribution is 2.46. The summed E-state index contributed by atoms with van der Waals surface area (Å²) in [6.07, 6.45) is -0.278. The second-order valence-electron chi connectivity index (χ2n) is 9.78. The number of benzene rings is 1. The maximum atomic E-state index is 14.9. The van der Waals surface area contributed by atoms with Gasteiger partial charge in [0.2, 0.25) is 5.91 Å². The number of fused-ring (bicyclic) bond motifs is 5. The lowest BCUT2D eigenvalue weighted by Crippen LogP contribution is -2.44. The molecular weight excluding hydrogens is 549 g/mol. The average Bonchev–Trinajstić information content (AvgIpc) is 3.24. The molecule has 3 aliphatic rings. The molecule has 4 heterocycles. The van der Waals surface area contributed by atoms with Gasteiger partial charge in [-0.2, -0.15) is 0 Å². The topological polar surface area (TPSA) is 131 Å². The van der Waals surface area contributed by atoms with Crippen molar-refractivity contribution in [2.45, 2.75) is 64.0 Å². The van der Waals surface area contributed by atoms with Gasteiger partial charge in [-0.3, -0.25) is 9.59 Å². The van der Waals surface area contributed by atoms with Gasteiger partial charge in [-0.1, -0.05) is 6.92 Å². The Kier molecular flexibility index (Phi) is 5.35. The summed E-state index contributed by atoms with van der Waals surface area (Å²) in [7, 11) is 0. The molecule has 3 aromatic rings. The molecule has 2 aliphatic heterocycles. The van der Waals surface area contributed by atoms with E-state index in [-0.39, 0.29) is 30.7 Å². The Morgan fingerprint density at radius 1 is 1.35 bits per heavy atom. The number of halogens is 2. The van der Waals surface area contributed by atoms with Crippen LogP contribution in [0.15, 0.2) is 21.4 Å². The highest BCUT2D eigenvalue weighted by atomic mass is 79.9. The molecule has 0 radical (unpaired) electrons. The number of nitrogens with zero attached hydrogens (tertiary/aromatic N) is 2. The monoisotopic (exact) mass is 571 g/mol. The molecule has 0 unspecified atom stereocenters. The summed E-state index contributed by atoms with van der Waals surface area (Å²) in [6.45, 7) is 2.90. The van der Waals surface area contributed by atoms with Crippen molar-refractivity contribution in [3.8, 4) is 11.4 Å². The van der Waals surface area contributed by atoms with Crippen molar-refractivity contribution in [3.05, 3.63) is 60.6 Å². The van der Waals surface area contributed by atoms with E-state index in [0.717, 1.165) is 11.1 Å². The number of aliphatic hydroxyl groups is 2. The first-order chi connectivity index (χ1) is 17.6. The van der Waals surface area contributed by atoms with Crippen LogP contribution in [-0.2, 0) is 39.5 Å². The largest absolute Gasteiger partial charge is 0.458 e. The number of esters is 1. The van der Waals surface area contributed by atoms with Gasteiger partial charge in [0.1, 0.15) is 18.5 Å². The molecule has 0 fully saturated rings. The fourth-order valence-corrected chi connectivity index (χ4v) is 6.30. The number of amides is 1. The predicted molar refractivity (Wildman–Crippen MR) is 133 cm³/mol. The molecule has 1 amide bonds. The van der Waals surface area contributed by atoms with E-state index in [9.17, 15) is 29.0 Å². The van der Waals surface area contributed by atoms with E-state index in [0.29, 0.717) is 45.2 Å².